The van der Waals surface area contributed by atoms with E-state index in [1.807, 2.05) is 12.1 Å². The number of urea groups is 1. The summed E-state index contributed by atoms with van der Waals surface area (Å²) in [5.41, 5.74) is 3.03. The van der Waals surface area contributed by atoms with E-state index < -0.39 is 11.9 Å². The lowest BCUT2D eigenvalue weighted by molar-refractivity contribution is 0.203. The third-order valence-electron chi connectivity index (χ3n) is 6.02. The molecular formula is C27H22F2N4O3. The molecule has 0 saturated heterocycles. The highest BCUT2D eigenvalue weighted by molar-refractivity contribution is 5.86. The fourth-order valence-corrected chi connectivity index (χ4v) is 4.17. The number of hydrogen-bond acceptors (Lipinski definition) is 5. The number of ether oxygens (including phenoxy) is 1. The van der Waals surface area contributed by atoms with Crippen molar-refractivity contribution in [3.8, 4) is 17.1 Å². The molecule has 0 bridgehead atoms. The molecule has 3 aromatic carbocycles. The molecule has 1 aliphatic heterocycles. The Labute approximate surface area is 206 Å². The average molecular weight is 488 g/mol. The van der Waals surface area contributed by atoms with Crippen LogP contribution in [0.5, 0.6) is 5.75 Å². The van der Waals surface area contributed by atoms with E-state index in [0.717, 1.165) is 5.56 Å². The molecule has 0 saturated carbocycles. The Hall–Kier alpha value is -4.53. The first-order valence-corrected chi connectivity index (χ1v) is 11.2. The van der Waals surface area contributed by atoms with Gasteiger partial charge in [-0.2, -0.15) is 4.98 Å². The molecule has 9 heteroatoms. The van der Waals surface area contributed by atoms with Crippen LogP contribution >= 0.6 is 0 Å². The Morgan fingerprint density at radius 2 is 1.81 bits per heavy atom. The van der Waals surface area contributed by atoms with Gasteiger partial charge in [-0.3, -0.25) is 4.90 Å². The van der Waals surface area contributed by atoms with Crippen LogP contribution in [0.15, 0.2) is 83.0 Å². The maximum Gasteiger partial charge on any atom is 0.322 e. The molecule has 0 aliphatic carbocycles. The molecule has 2 amide bonds. The lowest BCUT2D eigenvalue weighted by Gasteiger charge is -2.35. The van der Waals surface area contributed by atoms with Gasteiger partial charge in [0, 0.05) is 11.3 Å². The zero-order valence-electron chi connectivity index (χ0n) is 19.5. The summed E-state index contributed by atoms with van der Waals surface area (Å²) in [5, 5.41) is 7.06. The van der Waals surface area contributed by atoms with Crippen LogP contribution in [0.4, 0.5) is 13.6 Å². The first-order valence-electron chi connectivity index (χ1n) is 11.2. The van der Waals surface area contributed by atoms with Gasteiger partial charge >= 0.3 is 6.03 Å². The molecule has 2 heterocycles. The van der Waals surface area contributed by atoms with Gasteiger partial charge in [-0.05, 0) is 54.4 Å². The number of rotatable bonds is 6. The molecule has 1 unspecified atom stereocenters. The summed E-state index contributed by atoms with van der Waals surface area (Å²) in [7, 11) is 1.57. The topological polar surface area (TPSA) is 80.5 Å². The number of hydrogen-bond donors (Lipinski definition) is 1. The molecule has 7 nitrogen and oxygen atoms in total. The Balaban J connectivity index is 1.59. The zero-order valence-corrected chi connectivity index (χ0v) is 19.5. The van der Waals surface area contributed by atoms with Crippen molar-refractivity contribution in [2.45, 2.75) is 19.5 Å². The minimum absolute atomic E-state index is 0.184. The van der Waals surface area contributed by atoms with Gasteiger partial charge in [0.05, 0.1) is 25.3 Å². The molecular weight excluding hydrogens is 466 g/mol. The number of nitrogens with zero attached hydrogens (tertiary/aromatic N) is 3. The first-order chi connectivity index (χ1) is 17.4. The summed E-state index contributed by atoms with van der Waals surface area (Å²) in [6.07, 6.45) is 0. The molecule has 0 spiro atoms. The van der Waals surface area contributed by atoms with Crippen LogP contribution in [-0.2, 0) is 6.54 Å². The SMILES string of the molecule is COc1cccc(-c2noc(C3=C(C)N(Cc4ccc(F)cc4)C(=O)NC3c3cccc(F)c3)n2)c1. The normalized spacial score (nSPS) is 15.7. The Kier molecular flexibility index (Phi) is 6.20. The highest BCUT2D eigenvalue weighted by atomic mass is 19.1. The van der Waals surface area contributed by atoms with E-state index in [1.165, 1.54) is 29.2 Å². The van der Waals surface area contributed by atoms with Crippen molar-refractivity contribution >= 4 is 11.6 Å². The van der Waals surface area contributed by atoms with Crippen LogP contribution in [0, 0.1) is 11.6 Å². The Morgan fingerprint density at radius 3 is 2.56 bits per heavy atom. The second-order valence-corrected chi connectivity index (χ2v) is 8.30. The van der Waals surface area contributed by atoms with Gasteiger partial charge in [-0.25, -0.2) is 13.6 Å². The van der Waals surface area contributed by atoms with E-state index in [1.54, 1.807) is 50.4 Å². The van der Waals surface area contributed by atoms with Gasteiger partial charge in [0.1, 0.15) is 17.4 Å². The maximum atomic E-state index is 14.1. The summed E-state index contributed by atoms with van der Waals surface area (Å²) in [6, 6.07) is 18.0. The standard InChI is InChI=1S/C27H22F2N4O3/c1-16-23(26-31-25(32-36-26)19-6-4-8-22(14-19)35-2)24(18-5-3-7-21(29)13-18)30-27(34)33(16)15-17-9-11-20(28)12-10-17/h3-14,24H,15H2,1-2H3,(H,30,34). The smallest absolute Gasteiger partial charge is 0.322 e. The second-order valence-electron chi connectivity index (χ2n) is 8.30. The number of nitrogens with one attached hydrogen (secondary N) is 1. The van der Waals surface area contributed by atoms with Crippen molar-refractivity contribution in [1.82, 2.24) is 20.4 Å². The minimum atomic E-state index is -0.726. The van der Waals surface area contributed by atoms with E-state index in [2.05, 4.69) is 15.5 Å². The molecule has 1 atom stereocenters. The minimum Gasteiger partial charge on any atom is -0.497 e. The van der Waals surface area contributed by atoms with Gasteiger partial charge in [-0.1, -0.05) is 41.6 Å². The average Bonchev–Trinajstić information content (AvgIpc) is 3.37. The largest absolute Gasteiger partial charge is 0.497 e. The Bertz CT molecular complexity index is 1450. The highest BCUT2D eigenvalue weighted by Gasteiger charge is 2.36. The van der Waals surface area contributed by atoms with Gasteiger partial charge in [0.15, 0.2) is 0 Å². The van der Waals surface area contributed by atoms with Crippen molar-refractivity contribution < 1.29 is 22.8 Å². The summed E-state index contributed by atoms with van der Waals surface area (Å²) in [5.74, 6) is 0.363. The van der Waals surface area contributed by atoms with Crippen molar-refractivity contribution in [2.24, 2.45) is 0 Å². The van der Waals surface area contributed by atoms with Crippen LogP contribution in [0.1, 0.15) is 30.0 Å². The lowest BCUT2D eigenvalue weighted by Crippen LogP contribution is -2.45. The number of allylic oxidation sites excluding steroid dienone is 1. The number of carbonyl (C=O) groups excluding carboxylic acids is 1. The number of benzene rings is 3. The van der Waals surface area contributed by atoms with Gasteiger partial charge in [0.2, 0.25) is 5.82 Å². The van der Waals surface area contributed by atoms with E-state index in [4.69, 9.17) is 9.26 Å². The van der Waals surface area contributed by atoms with Crippen molar-refractivity contribution in [1.29, 1.82) is 0 Å². The summed E-state index contributed by atoms with van der Waals surface area (Å²) >= 11 is 0. The first kappa shape index (κ1) is 23.2. The summed E-state index contributed by atoms with van der Waals surface area (Å²) in [4.78, 5) is 19.3. The predicted octanol–water partition coefficient (Wildman–Crippen LogP) is 5.72. The van der Waals surface area contributed by atoms with Crippen LogP contribution in [-0.4, -0.2) is 28.2 Å². The van der Waals surface area contributed by atoms with E-state index >= 15 is 0 Å². The van der Waals surface area contributed by atoms with Crippen molar-refractivity contribution in [3.05, 3.63) is 107 Å². The van der Waals surface area contributed by atoms with E-state index in [-0.39, 0.29) is 24.3 Å². The molecule has 4 aromatic rings. The van der Waals surface area contributed by atoms with Crippen LogP contribution in [0.25, 0.3) is 17.0 Å². The molecule has 1 N–H and O–H groups in total. The fourth-order valence-electron chi connectivity index (χ4n) is 4.17. The van der Waals surface area contributed by atoms with Gasteiger partial charge in [-0.15, -0.1) is 0 Å². The quantitative estimate of drug-likeness (QED) is 0.375. The molecule has 36 heavy (non-hydrogen) atoms. The van der Waals surface area contributed by atoms with Crippen LogP contribution < -0.4 is 10.1 Å². The predicted molar refractivity (Wildman–Crippen MR) is 128 cm³/mol. The fraction of sp³-hybridized carbons (Fsp3) is 0.148. The maximum absolute atomic E-state index is 14.1. The zero-order chi connectivity index (χ0) is 25.2. The van der Waals surface area contributed by atoms with E-state index in [9.17, 15) is 13.6 Å². The molecule has 0 fully saturated rings. The van der Waals surface area contributed by atoms with E-state index in [0.29, 0.717) is 34.0 Å². The second kappa shape index (κ2) is 9.61. The molecule has 182 valence electrons. The van der Waals surface area contributed by atoms with Crippen LogP contribution in [0.2, 0.25) is 0 Å². The number of amides is 2. The molecule has 1 aliphatic rings. The van der Waals surface area contributed by atoms with Gasteiger partial charge in [0.25, 0.3) is 5.89 Å². The van der Waals surface area contributed by atoms with Crippen LogP contribution in [0.3, 0.4) is 0 Å². The number of halogens is 2. The monoisotopic (exact) mass is 488 g/mol. The van der Waals surface area contributed by atoms with Crippen molar-refractivity contribution in [2.75, 3.05) is 7.11 Å². The highest BCUT2D eigenvalue weighted by Crippen LogP contribution is 2.38. The molecule has 5 rings (SSSR count). The number of methoxy groups -OCH3 is 1. The lowest BCUT2D eigenvalue weighted by atomic mass is 9.94. The third kappa shape index (κ3) is 4.55. The molecule has 0 radical (unpaired) electrons. The van der Waals surface area contributed by atoms with Gasteiger partial charge < -0.3 is 14.6 Å². The molecule has 1 aromatic heterocycles. The summed E-state index contributed by atoms with van der Waals surface area (Å²) < 4.78 is 38.4. The summed E-state index contributed by atoms with van der Waals surface area (Å²) in [6.45, 7) is 1.95. The number of carbonyl (C=O) groups is 1. The number of aromatic nitrogens is 2. The third-order valence-corrected chi connectivity index (χ3v) is 6.02. The Morgan fingerprint density at radius 1 is 1.03 bits per heavy atom. The van der Waals surface area contributed by atoms with Crippen molar-refractivity contribution in [3.63, 3.8) is 0 Å².